The SMILES string of the molecule is Cc1cc(CN2CCn3cc(CC(=O)NC(C)C)nc3C2C)no1.O=C(O)C(F)(F)F. The fraction of sp³-hybridized carbons (Fsp3) is 0.579. The molecule has 0 bridgehead atoms. The van der Waals surface area contributed by atoms with E-state index in [4.69, 9.17) is 19.4 Å². The van der Waals surface area contributed by atoms with Gasteiger partial charge in [0.15, 0.2) is 0 Å². The lowest BCUT2D eigenvalue weighted by Gasteiger charge is -2.32. The van der Waals surface area contributed by atoms with Crippen LogP contribution in [0.4, 0.5) is 13.2 Å². The maximum absolute atomic E-state index is 11.9. The number of nitrogens with one attached hydrogen (secondary N) is 1. The summed E-state index contributed by atoms with van der Waals surface area (Å²) in [6, 6.07) is 2.29. The minimum Gasteiger partial charge on any atom is -0.475 e. The first-order chi connectivity index (χ1) is 14.4. The van der Waals surface area contributed by atoms with Crippen LogP contribution in [0.5, 0.6) is 0 Å². The van der Waals surface area contributed by atoms with Crippen LogP contribution in [0, 0.1) is 6.92 Å². The van der Waals surface area contributed by atoms with Crippen molar-refractivity contribution in [1.29, 1.82) is 0 Å². The Balaban J connectivity index is 0.000000423. The lowest BCUT2D eigenvalue weighted by molar-refractivity contribution is -0.192. The minimum atomic E-state index is -5.08. The Morgan fingerprint density at radius 1 is 1.32 bits per heavy atom. The Bertz CT molecular complexity index is 907. The molecule has 0 saturated carbocycles. The second kappa shape index (κ2) is 9.94. The number of carboxylic acid groups (broad SMARTS) is 1. The van der Waals surface area contributed by atoms with E-state index in [0.717, 1.165) is 42.6 Å². The highest BCUT2D eigenvalue weighted by Gasteiger charge is 2.38. The highest BCUT2D eigenvalue weighted by Crippen LogP contribution is 2.26. The van der Waals surface area contributed by atoms with Crippen molar-refractivity contribution in [3.8, 4) is 0 Å². The summed E-state index contributed by atoms with van der Waals surface area (Å²) in [5, 5.41) is 14.1. The maximum Gasteiger partial charge on any atom is 0.490 e. The zero-order valence-electron chi connectivity index (χ0n) is 17.7. The zero-order chi connectivity index (χ0) is 23.3. The number of imidazole rings is 1. The fourth-order valence-corrected chi connectivity index (χ4v) is 3.13. The Morgan fingerprint density at radius 3 is 2.48 bits per heavy atom. The number of fused-ring (bicyclic) bond motifs is 1. The largest absolute Gasteiger partial charge is 0.490 e. The number of amides is 1. The lowest BCUT2D eigenvalue weighted by Crippen LogP contribution is -2.36. The van der Waals surface area contributed by atoms with Gasteiger partial charge in [-0.05, 0) is 27.7 Å². The topological polar surface area (TPSA) is 113 Å². The summed E-state index contributed by atoms with van der Waals surface area (Å²) >= 11 is 0. The molecule has 0 fully saturated rings. The molecule has 31 heavy (non-hydrogen) atoms. The molecule has 2 aromatic rings. The number of carbonyl (C=O) groups is 2. The second-order valence-electron chi connectivity index (χ2n) is 7.56. The maximum atomic E-state index is 11.9. The van der Waals surface area contributed by atoms with Crippen LogP contribution in [0.1, 0.15) is 49.8 Å². The van der Waals surface area contributed by atoms with E-state index >= 15 is 0 Å². The van der Waals surface area contributed by atoms with Crippen LogP contribution in [0.25, 0.3) is 0 Å². The van der Waals surface area contributed by atoms with Crippen molar-refractivity contribution in [3.05, 3.63) is 35.2 Å². The molecule has 1 aliphatic rings. The standard InChI is InChI=1S/C17H25N5O2.C2HF3O2/c1-11(2)18-16(23)8-14-9-22-6-5-21(13(4)17(22)19-14)10-15-7-12(3)24-20-15;3-2(4,5)1(6)7/h7,9,11,13H,5-6,8,10H2,1-4H3,(H,18,23);(H,6,7). The van der Waals surface area contributed by atoms with Gasteiger partial charge in [-0.3, -0.25) is 9.69 Å². The van der Waals surface area contributed by atoms with E-state index < -0.39 is 12.1 Å². The van der Waals surface area contributed by atoms with Crippen molar-refractivity contribution < 1.29 is 32.4 Å². The summed E-state index contributed by atoms with van der Waals surface area (Å²) in [5.41, 5.74) is 1.77. The van der Waals surface area contributed by atoms with Crippen LogP contribution in [0.2, 0.25) is 0 Å². The number of aliphatic carboxylic acids is 1. The third-order valence-electron chi connectivity index (χ3n) is 4.48. The molecule has 0 saturated heterocycles. The Kier molecular flexibility index (Phi) is 7.82. The number of alkyl halides is 3. The highest BCUT2D eigenvalue weighted by molar-refractivity contribution is 5.78. The summed E-state index contributed by atoms with van der Waals surface area (Å²) in [4.78, 5) is 27.9. The van der Waals surface area contributed by atoms with Crippen molar-refractivity contribution in [3.63, 3.8) is 0 Å². The third-order valence-corrected chi connectivity index (χ3v) is 4.48. The summed E-state index contributed by atoms with van der Waals surface area (Å²) in [5.74, 6) is -0.904. The van der Waals surface area contributed by atoms with Gasteiger partial charge in [-0.1, -0.05) is 5.16 Å². The zero-order valence-corrected chi connectivity index (χ0v) is 17.7. The summed E-state index contributed by atoms with van der Waals surface area (Å²) in [7, 11) is 0. The second-order valence-corrected chi connectivity index (χ2v) is 7.56. The van der Waals surface area contributed by atoms with E-state index in [2.05, 4.69) is 26.9 Å². The van der Waals surface area contributed by atoms with Gasteiger partial charge in [0.1, 0.15) is 11.6 Å². The molecule has 0 aromatic carbocycles. The summed E-state index contributed by atoms with van der Waals surface area (Å²) in [6.07, 6.45) is -2.75. The van der Waals surface area contributed by atoms with Crippen LogP contribution >= 0.6 is 0 Å². The van der Waals surface area contributed by atoms with Crippen molar-refractivity contribution in [2.24, 2.45) is 0 Å². The average Bonchev–Trinajstić information content (AvgIpc) is 3.22. The molecular weight excluding hydrogens is 419 g/mol. The summed E-state index contributed by atoms with van der Waals surface area (Å²) < 4.78 is 39.0. The number of rotatable bonds is 5. The van der Waals surface area contributed by atoms with Crippen molar-refractivity contribution in [1.82, 2.24) is 24.9 Å². The van der Waals surface area contributed by atoms with E-state index in [1.165, 1.54) is 0 Å². The molecule has 0 aliphatic carbocycles. The van der Waals surface area contributed by atoms with Crippen LogP contribution < -0.4 is 5.32 Å². The molecular formula is C19H26F3N5O4. The molecule has 2 aromatic heterocycles. The molecule has 9 nitrogen and oxygen atoms in total. The normalized spacial score (nSPS) is 16.5. The van der Waals surface area contributed by atoms with Gasteiger partial charge < -0.3 is 19.5 Å². The average molecular weight is 445 g/mol. The number of halogens is 3. The van der Waals surface area contributed by atoms with E-state index in [1.807, 2.05) is 33.0 Å². The van der Waals surface area contributed by atoms with Crippen LogP contribution in [0.15, 0.2) is 16.8 Å². The molecule has 1 atom stereocenters. The van der Waals surface area contributed by atoms with E-state index in [0.29, 0.717) is 6.42 Å². The predicted octanol–water partition coefficient (Wildman–Crippen LogP) is 2.46. The number of hydrogen-bond donors (Lipinski definition) is 2. The van der Waals surface area contributed by atoms with Gasteiger partial charge in [-0.2, -0.15) is 13.2 Å². The molecule has 1 unspecified atom stereocenters. The number of carboxylic acids is 1. The first-order valence-corrected chi connectivity index (χ1v) is 9.68. The predicted molar refractivity (Wildman–Crippen MR) is 103 cm³/mol. The van der Waals surface area contributed by atoms with Crippen LogP contribution in [-0.4, -0.2) is 55.4 Å². The van der Waals surface area contributed by atoms with Crippen LogP contribution in [-0.2, 0) is 29.1 Å². The number of aromatic nitrogens is 3. The fourth-order valence-electron chi connectivity index (χ4n) is 3.13. The van der Waals surface area contributed by atoms with Gasteiger partial charge in [-0.25, -0.2) is 9.78 Å². The van der Waals surface area contributed by atoms with Crippen molar-refractivity contribution >= 4 is 11.9 Å². The van der Waals surface area contributed by atoms with Crippen LogP contribution in [0.3, 0.4) is 0 Å². The van der Waals surface area contributed by atoms with E-state index in [-0.39, 0.29) is 18.0 Å². The van der Waals surface area contributed by atoms with Gasteiger partial charge in [0.05, 0.1) is 23.9 Å². The lowest BCUT2D eigenvalue weighted by atomic mass is 10.2. The molecule has 12 heteroatoms. The number of aryl methyl sites for hydroxylation is 1. The number of carbonyl (C=O) groups excluding carboxylic acids is 1. The summed E-state index contributed by atoms with van der Waals surface area (Å²) in [6.45, 7) is 10.5. The first kappa shape index (κ1) is 24.4. The van der Waals surface area contributed by atoms with E-state index in [9.17, 15) is 18.0 Å². The molecule has 2 N–H and O–H groups in total. The van der Waals surface area contributed by atoms with Gasteiger partial charge in [0.2, 0.25) is 5.91 Å². The molecule has 1 amide bonds. The van der Waals surface area contributed by atoms with Crippen molar-refractivity contribution in [2.45, 2.75) is 65.5 Å². The molecule has 0 radical (unpaired) electrons. The Hall–Kier alpha value is -2.89. The minimum absolute atomic E-state index is 0.0167. The molecule has 3 heterocycles. The van der Waals surface area contributed by atoms with Crippen molar-refractivity contribution in [2.75, 3.05) is 6.54 Å². The van der Waals surface area contributed by atoms with Gasteiger partial charge in [0, 0.05) is 37.9 Å². The van der Waals surface area contributed by atoms with E-state index in [1.54, 1.807) is 0 Å². The smallest absolute Gasteiger partial charge is 0.475 e. The molecule has 3 rings (SSSR count). The number of hydrogen-bond acceptors (Lipinski definition) is 6. The highest BCUT2D eigenvalue weighted by atomic mass is 19.4. The molecule has 0 spiro atoms. The first-order valence-electron chi connectivity index (χ1n) is 9.68. The quantitative estimate of drug-likeness (QED) is 0.727. The molecule has 1 aliphatic heterocycles. The number of nitrogens with zero attached hydrogens (tertiary/aromatic N) is 4. The monoisotopic (exact) mass is 445 g/mol. The van der Waals surface area contributed by atoms with Gasteiger partial charge in [-0.15, -0.1) is 0 Å². The van der Waals surface area contributed by atoms with Gasteiger partial charge in [0.25, 0.3) is 0 Å². The Labute approximate surface area is 177 Å². The van der Waals surface area contributed by atoms with Gasteiger partial charge >= 0.3 is 12.1 Å². The Morgan fingerprint density at radius 2 is 1.97 bits per heavy atom. The molecule has 172 valence electrons. The third kappa shape index (κ3) is 7.09.